The number of rotatable bonds is 4. The molecule has 0 spiro atoms. The van der Waals surface area contributed by atoms with E-state index < -0.39 is 5.97 Å². The molecule has 2 aromatic carbocycles. The summed E-state index contributed by atoms with van der Waals surface area (Å²) in [6, 6.07) is 19.7. The molecule has 0 radical (unpaired) electrons. The lowest BCUT2D eigenvalue weighted by atomic mass is 10.1. The summed E-state index contributed by atoms with van der Waals surface area (Å²) in [5.41, 5.74) is 3.45. The van der Waals surface area contributed by atoms with Crippen LogP contribution in [0.25, 0.3) is 18.2 Å². The number of esters is 1. The first kappa shape index (κ1) is 26.3. The van der Waals surface area contributed by atoms with E-state index >= 15 is 0 Å². The molecule has 2 aromatic rings. The lowest BCUT2D eigenvalue weighted by Gasteiger charge is -1.96. The van der Waals surface area contributed by atoms with Crippen molar-refractivity contribution in [1.82, 2.24) is 0 Å². The molecule has 28 heavy (non-hydrogen) atoms. The van der Waals surface area contributed by atoms with Crippen molar-refractivity contribution in [3.8, 4) is 6.07 Å². The van der Waals surface area contributed by atoms with Crippen LogP contribution >= 0.6 is 0 Å². The predicted octanol–water partition coefficient (Wildman–Crippen LogP) is 6.34. The Balaban J connectivity index is 0. The molecule has 0 bridgehead atoms. The van der Waals surface area contributed by atoms with Gasteiger partial charge < -0.3 is 4.74 Å². The molecule has 144 valence electrons. The second-order valence-corrected chi connectivity index (χ2v) is 4.71. The molecule has 0 unspecified atom stereocenters. The zero-order valence-corrected chi connectivity index (χ0v) is 16.4. The zero-order chi connectivity index (χ0) is 21.6. The van der Waals surface area contributed by atoms with Gasteiger partial charge in [-0.25, -0.2) is 4.79 Å². The topological polar surface area (TPSA) is 50.1 Å². The Labute approximate surface area is 168 Å². The van der Waals surface area contributed by atoms with E-state index in [1.54, 1.807) is 6.07 Å². The molecule has 0 aliphatic heterocycles. The van der Waals surface area contributed by atoms with Gasteiger partial charge in [-0.1, -0.05) is 106 Å². The molecule has 0 N–H and O–H groups in total. The smallest absolute Gasteiger partial charge is 0.329 e. The van der Waals surface area contributed by atoms with Crippen molar-refractivity contribution in [3.63, 3.8) is 0 Å². The average Bonchev–Trinajstić information content (AvgIpc) is 2.79. The lowest BCUT2D eigenvalue weighted by molar-refractivity contribution is -0.134. The Kier molecular flexibility index (Phi) is 18.3. The van der Waals surface area contributed by atoms with Gasteiger partial charge in [0, 0.05) is 12.2 Å². The maximum Gasteiger partial charge on any atom is 0.329 e. The molecular formula is C25H27NO2. The Morgan fingerprint density at radius 3 is 1.50 bits per heavy atom. The minimum atomic E-state index is -0.394. The van der Waals surface area contributed by atoms with Gasteiger partial charge in [-0.3, -0.25) is 0 Å². The van der Waals surface area contributed by atoms with Crippen LogP contribution in [0.15, 0.2) is 99.6 Å². The van der Waals surface area contributed by atoms with Crippen molar-refractivity contribution < 1.29 is 9.53 Å². The van der Waals surface area contributed by atoms with Crippen molar-refractivity contribution in [2.24, 2.45) is 0 Å². The molecule has 0 saturated carbocycles. The van der Waals surface area contributed by atoms with Crippen LogP contribution < -0.4 is 0 Å². The lowest BCUT2D eigenvalue weighted by Crippen LogP contribution is -1.91. The van der Waals surface area contributed by atoms with Gasteiger partial charge in [-0.05, 0) is 16.7 Å². The van der Waals surface area contributed by atoms with E-state index in [9.17, 15) is 4.79 Å². The van der Waals surface area contributed by atoms with Gasteiger partial charge in [0.25, 0.3) is 0 Å². The SMILES string of the molecule is C=CC#N.C=CC(=O)OC.C=Cc1ccccc1.C=Cc1ccccc1C=C. The molecule has 0 amide bonds. The number of ether oxygens (including phenoxy) is 1. The highest BCUT2D eigenvalue weighted by Gasteiger charge is 1.89. The summed E-state index contributed by atoms with van der Waals surface area (Å²) in [5.74, 6) is -0.394. The Morgan fingerprint density at radius 2 is 1.29 bits per heavy atom. The number of hydrogen-bond donors (Lipinski definition) is 0. The Bertz CT molecular complexity index is 757. The summed E-state index contributed by atoms with van der Waals surface area (Å²) >= 11 is 0. The highest BCUT2D eigenvalue weighted by molar-refractivity contribution is 5.80. The molecule has 0 fully saturated rings. The van der Waals surface area contributed by atoms with Crippen LogP contribution in [0.1, 0.15) is 16.7 Å². The summed E-state index contributed by atoms with van der Waals surface area (Å²) < 4.78 is 4.14. The summed E-state index contributed by atoms with van der Waals surface area (Å²) in [6.45, 7) is 17.3. The Morgan fingerprint density at radius 1 is 0.857 bits per heavy atom. The van der Waals surface area contributed by atoms with Gasteiger partial charge in [0.15, 0.2) is 0 Å². The van der Waals surface area contributed by atoms with Crippen molar-refractivity contribution in [1.29, 1.82) is 5.26 Å². The number of methoxy groups -OCH3 is 1. The van der Waals surface area contributed by atoms with Gasteiger partial charge in [0.1, 0.15) is 0 Å². The molecule has 0 atom stereocenters. The quantitative estimate of drug-likeness (QED) is 0.357. The molecule has 0 heterocycles. The van der Waals surface area contributed by atoms with Crippen LogP contribution in [-0.2, 0) is 9.53 Å². The van der Waals surface area contributed by atoms with Crippen LogP contribution in [0.2, 0.25) is 0 Å². The van der Waals surface area contributed by atoms with Crippen molar-refractivity contribution >= 4 is 24.2 Å². The summed E-state index contributed by atoms with van der Waals surface area (Å²) in [5, 5.41) is 7.51. The van der Waals surface area contributed by atoms with E-state index in [-0.39, 0.29) is 0 Å². The standard InChI is InChI=1S/C10H10.C8H8.C4H6O2.C3H3N/c1-3-9-7-5-6-8-10(9)4-2;1-2-8-6-4-3-5-7-8;1-3-4(5)6-2;1-2-3-4/h3-8H,1-2H2;2-7H,1H2;3H,1H2,2H3;2H,1H2. The third-order valence-electron chi connectivity index (χ3n) is 2.93. The van der Waals surface area contributed by atoms with E-state index in [1.807, 2.05) is 72.8 Å². The first-order valence-corrected chi connectivity index (χ1v) is 8.26. The van der Waals surface area contributed by atoms with Crippen LogP contribution in [-0.4, -0.2) is 13.1 Å². The fourth-order valence-electron chi connectivity index (χ4n) is 1.56. The molecule has 0 saturated heterocycles. The Hall–Kier alpha value is -3.90. The van der Waals surface area contributed by atoms with Crippen molar-refractivity contribution in [3.05, 3.63) is 116 Å². The summed E-state index contributed by atoms with van der Waals surface area (Å²) in [7, 11) is 1.31. The molecule has 0 aliphatic carbocycles. The third-order valence-corrected chi connectivity index (χ3v) is 2.93. The van der Waals surface area contributed by atoms with Gasteiger partial charge in [0.2, 0.25) is 0 Å². The number of nitrogens with zero attached hydrogens (tertiary/aromatic N) is 1. The van der Waals surface area contributed by atoms with Gasteiger partial charge >= 0.3 is 5.97 Å². The number of allylic oxidation sites excluding steroid dienone is 1. The average molecular weight is 373 g/mol. The van der Waals surface area contributed by atoms with E-state index in [2.05, 4.69) is 37.6 Å². The van der Waals surface area contributed by atoms with Crippen LogP contribution in [0.5, 0.6) is 0 Å². The first-order valence-electron chi connectivity index (χ1n) is 8.26. The molecule has 3 heteroatoms. The first-order chi connectivity index (χ1) is 13.5. The number of benzene rings is 2. The highest BCUT2D eigenvalue weighted by atomic mass is 16.5. The monoisotopic (exact) mass is 373 g/mol. The van der Waals surface area contributed by atoms with Crippen LogP contribution in [0.4, 0.5) is 0 Å². The fraction of sp³-hybridized carbons (Fsp3) is 0.0400. The predicted molar refractivity (Wildman–Crippen MR) is 121 cm³/mol. The maximum absolute atomic E-state index is 9.84. The minimum Gasteiger partial charge on any atom is -0.466 e. The third kappa shape index (κ3) is 14.4. The van der Waals surface area contributed by atoms with E-state index in [4.69, 9.17) is 5.26 Å². The second kappa shape index (κ2) is 19.4. The summed E-state index contributed by atoms with van der Waals surface area (Å²) in [6.07, 6.45) is 7.79. The second-order valence-electron chi connectivity index (χ2n) is 4.71. The van der Waals surface area contributed by atoms with Gasteiger partial charge in [-0.15, -0.1) is 0 Å². The molecule has 0 aromatic heterocycles. The minimum absolute atomic E-state index is 0.394. The normalized spacial score (nSPS) is 7.57. The van der Waals surface area contributed by atoms with E-state index in [1.165, 1.54) is 18.7 Å². The van der Waals surface area contributed by atoms with E-state index in [0.717, 1.165) is 17.2 Å². The molecular weight excluding hydrogens is 346 g/mol. The fourth-order valence-corrected chi connectivity index (χ4v) is 1.56. The molecule has 0 aliphatic rings. The number of carbonyl (C=O) groups excluding carboxylic acids is 1. The van der Waals surface area contributed by atoms with E-state index in [0.29, 0.717) is 0 Å². The van der Waals surface area contributed by atoms with Crippen LogP contribution in [0, 0.1) is 11.3 Å². The van der Waals surface area contributed by atoms with Gasteiger partial charge in [-0.2, -0.15) is 5.26 Å². The zero-order valence-electron chi connectivity index (χ0n) is 16.4. The largest absolute Gasteiger partial charge is 0.466 e. The van der Waals surface area contributed by atoms with Crippen LogP contribution in [0.3, 0.4) is 0 Å². The highest BCUT2D eigenvalue weighted by Crippen LogP contribution is 2.10. The number of nitriles is 1. The van der Waals surface area contributed by atoms with Crippen molar-refractivity contribution in [2.45, 2.75) is 0 Å². The van der Waals surface area contributed by atoms with Crippen molar-refractivity contribution in [2.75, 3.05) is 7.11 Å². The number of hydrogen-bond acceptors (Lipinski definition) is 3. The molecule has 2 rings (SSSR count). The maximum atomic E-state index is 9.84. The summed E-state index contributed by atoms with van der Waals surface area (Å²) in [4.78, 5) is 9.84. The number of carbonyl (C=O) groups is 1. The van der Waals surface area contributed by atoms with Gasteiger partial charge in [0.05, 0.1) is 13.2 Å². The molecule has 3 nitrogen and oxygen atoms in total.